The Morgan fingerprint density at radius 3 is 2.44 bits per heavy atom. The normalized spacial score (nSPS) is 22.8. The Bertz CT molecular complexity index is 1090. The van der Waals surface area contributed by atoms with Crippen molar-refractivity contribution in [2.24, 2.45) is 0 Å². The molecule has 0 radical (unpaired) electrons. The second-order valence-corrected chi connectivity index (χ2v) is 10.1. The molecule has 180 valence electrons. The van der Waals surface area contributed by atoms with Gasteiger partial charge in [-0.2, -0.15) is 0 Å². The van der Waals surface area contributed by atoms with Crippen molar-refractivity contribution in [2.45, 2.75) is 43.7 Å². The zero-order valence-corrected chi connectivity index (χ0v) is 21.0. The average molecular weight is 523 g/mol. The maximum atomic E-state index is 13.3. The Kier molecular flexibility index (Phi) is 7.70. The van der Waals surface area contributed by atoms with E-state index in [2.05, 4.69) is 5.32 Å². The summed E-state index contributed by atoms with van der Waals surface area (Å²) in [6.07, 6.45) is 2.38. The van der Waals surface area contributed by atoms with Gasteiger partial charge < -0.3 is 15.1 Å². The molecule has 2 aliphatic rings. The molecule has 2 aromatic rings. The number of halogens is 3. The van der Waals surface area contributed by atoms with Gasteiger partial charge in [-0.1, -0.05) is 40.9 Å². The molecule has 2 heterocycles. The van der Waals surface area contributed by atoms with E-state index in [0.717, 1.165) is 5.56 Å². The molecular weight excluding hydrogens is 497 g/mol. The van der Waals surface area contributed by atoms with E-state index in [1.54, 1.807) is 53.2 Å². The average Bonchev–Trinajstić information content (AvgIpc) is 2.84. The topological polar surface area (TPSA) is 69.7 Å². The van der Waals surface area contributed by atoms with E-state index >= 15 is 0 Å². The van der Waals surface area contributed by atoms with Gasteiger partial charge in [-0.15, -0.1) is 0 Å². The van der Waals surface area contributed by atoms with Crippen LogP contribution in [-0.2, 0) is 9.59 Å². The van der Waals surface area contributed by atoms with E-state index in [0.29, 0.717) is 59.4 Å². The summed E-state index contributed by atoms with van der Waals surface area (Å²) in [5.41, 5.74) is 1.45. The minimum Gasteiger partial charge on any atom is -0.344 e. The van der Waals surface area contributed by atoms with Crippen LogP contribution in [0.2, 0.25) is 15.1 Å². The lowest BCUT2D eigenvalue weighted by Crippen LogP contribution is -2.56. The molecule has 0 spiro atoms. The molecule has 34 heavy (non-hydrogen) atoms. The van der Waals surface area contributed by atoms with Crippen LogP contribution in [0.5, 0.6) is 0 Å². The third-order valence-corrected chi connectivity index (χ3v) is 7.69. The molecule has 0 bridgehead atoms. The second-order valence-electron chi connectivity index (χ2n) is 8.86. The third kappa shape index (κ3) is 5.35. The van der Waals surface area contributed by atoms with E-state index in [-0.39, 0.29) is 29.7 Å². The molecule has 0 saturated carbocycles. The second kappa shape index (κ2) is 10.5. The number of likely N-dealkylation sites (N-methyl/N-ethyl adjacent to an activating group) is 1. The highest BCUT2D eigenvalue weighted by molar-refractivity contribution is 6.42. The minimum absolute atomic E-state index is 0.0803. The molecule has 1 N–H and O–H groups in total. The molecule has 0 aromatic heterocycles. The van der Waals surface area contributed by atoms with E-state index in [9.17, 15) is 14.4 Å². The Morgan fingerprint density at radius 1 is 1.03 bits per heavy atom. The van der Waals surface area contributed by atoms with Crippen LogP contribution in [-0.4, -0.2) is 59.7 Å². The number of hydrogen-bond donors (Lipinski definition) is 1. The molecular formula is C25H26Cl3N3O3. The van der Waals surface area contributed by atoms with E-state index in [4.69, 9.17) is 34.8 Å². The summed E-state index contributed by atoms with van der Waals surface area (Å²) in [7, 11) is 1.78. The van der Waals surface area contributed by atoms with Crippen LogP contribution in [0, 0.1) is 0 Å². The van der Waals surface area contributed by atoms with Crippen molar-refractivity contribution in [3.05, 3.63) is 68.7 Å². The van der Waals surface area contributed by atoms with Gasteiger partial charge in [0.2, 0.25) is 11.8 Å². The molecule has 4 rings (SSSR count). The lowest BCUT2D eigenvalue weighted by atomic mass is 9.84. The Hall–Kier alpha value is -2.28. The van der Waals surface area contributed by atoms with Crippen LogP contribution in [0.1, 0.15) is 47.5 Å². The van der Waals surface area contributed by atoms with Crippen LogP contribution < -0.4 is 5.32 Å². The Labute approximate surface area is 214 Å². The van der Waals surface area contributed by atoms with Crippen LogP contribution in [0.4, 0.5) is 0 Å². The smallest absolute Gasteiger partial charge is 0.253 e. The first-order valence-corrected chi connectivity index (χ1v) is 12.4. The fraction of sp³-hybridized carbons (Fsp3) is 0.400. The van der Waals surface area contributed by atoms with Crippen LogP contribution in [0.25, 0.3) is 0 Å². The predicted octanol–water partition coefficient (Wildman–Crippen LogP) is 4.77. The van der Waals surface area contributed by atoms with Gasteiger partial charge >= 0.3 is 0 Å². The van der Waals surface area contributed by atoms with Crippen molar-refractivity contribution >= 4 is 52.5 Å². The monoisotopic (exact) mass is 521 g/mol. The maximum Gasteiger partial charge on any atom is 0.253 e. The number of hydrogen-bond acceptors (Lipinski definition) is 3. The molecule has 6 nitrogen and oxygen atoms in total. The van der Waals surface area contributed by atoms with Gasteiger partial charge in [-0.05, 0) is 61.2 Å². The number of amides is 3. The highest BCUT2D eigenvalue weighted by atomic mass is 35.5. The summed E-state index contributed by atoms with van der Waals surface area (Å²) in [4.78, 5) is 41.8. The molecule has 0 aliphatic carbocycles. The lowest BCUT2D eigenvalue weighted by Gasteiger charge is -2.44. The molecule has 3 amide bonds. The van der Waals surface area contributed by atoms with Gasteiger partial charge in [0.1, 0.15) is 6.04 Å². The largest absolute Gasteiger partial charge is 0.344 e. The van der Waals surface area contributed by atoms with Crippen LogP contribution >= 0.6 is 34.8 Å². The van der Waals surface area contributed by atoms with Crippen molar-refractivity contribution in [3.63, 3.8) is 0 Å². The predicted molar refractivity (Wildman–Crippen MR) is 134 cm³/mol. The fourth-order valence-electron chi connectivity index (χ4n) is 4.83. The van der Waals surface area contributed by atoms with Gasteiger partial charge in [-0.3, -0.25) is 14.4 Å². The Morgan fingerprint density at radius 2 is 1.76 bits per heavy atom. The first-order valence-electron chi connectivity index (χ1n) is 11.3. The number of benzene rings is 2. The molecule has 2 aromatic carbocycles. The first-order chi connectivity index (χ1) is 16.2. The SMILES string of the molecule is CN(C(=O)c1ccc(Cl)cc1)[C@@H]1CCN(C(=O)C2CCCC(=O)N2)C[C@H]1c1ccc(Cl)c(Cl)c1. The van der Waals surface area contributed by atoms with Crippen molar-refractivity contribution in [3.8, 4) is 0 Å². The molecule has 1 unspecified atom stereocenters. The van der Waals surface area contributed by atoms with E-state index in [1.165, 1.54) is 0 Å². The van der Waals surface area contributed by atoms with Gasteiger partial charge in [0, 0.05) is 49.1 Å². The maximum absolute atomic E-state index is 13.3. The molecule has 2 aliphatic heterocycles. The van der Waals surface area contributed by atoms with Gasteiger partial charge in [-0.25, -0.2) is 0 Å². The summed E-state index contributed by atoms with van der Waals surface area (Å²) in [6, 6.07) is 11.6. The van der Waals surface area contributed by atoms with Crippen LogP contribution in [0.3, 0.4) is 0 Å². The molecule has 2 fully saturated rings. The molecule has 9 heteroatoms. The van der Waals surface area contributed by atoms with Crippen molar-refractivity contribution in [1.82, 2.24) is 15.1 Å². The summed E-state index contributed by atoms with van der Waals surface area (Å²) in [6.45, 7) is 0.901. The highest BCUT2D eigenvalue weighted by Gasteiger charge is 2.39. The summed E-state index contributed by atoms with van der Waals surface area (Å²) < 4.78 is 0. The highest BCUT2D eigenvalue weighted by Crippen LogP contribution is 2.35. The van der Waals surface area contributed by atoms with Gasteiger partial charge in [0.05, 0.1) is 10.0 Å². The zero-order valence-electron chi connectivity index (χ0n) is 18.8. The zero-order chi connectivity index (χ0) is 24.4. The van der Waals surface area contributed by atoms with Gasteiger partial charge in [0.25, 0.3) is 5.91 Å². The number of likely N-dealkylation sites (tertiary alicyclic amines) is 1. The van der Waals surface area contributed by atoms with Crippen molar-refractivity contribution in [2.75, 3.05) is 20.1 Å². The standard InChI is InChI=1S/C25H26Cl3N3O3/c1-30(24(33)15-5-8-17(26)9-6-15)22-11-12-31(25(34)21-3-2-4-23(32)29-21)14-18(22)16-7-10-19(27)20(28)13-16/h5-10,13,18,21-22H,2-4,11-12,14H2,1H3,(H,29,32)/t18-,21?,22+/m0/s1. The third-order valence-electron chi connectivity index (χ3n) is 6.70. The number of carbonyl (C=O) groups is 3. The van der Waals surface area contributed by atoms with Crippen LogP contribution in [0.15, 0.2) is 42.5 Å². The van der Waals surface area contributed by atoms with Crippen molar-refractivity contribution < 1.29 is 14.4 Å². The number of piperidine rings is 2. The molecule has 2 saturated heterocycles. The first kappa shape index (κ1) is 24.8. The molecule has 3 atom stereocenters. The summed E-state index contributed by atoms with van der Waals surface area (Å²) in [5, 5.41) is 4.25. The quantitative estimate of drug-likeness (QED) is 0.629. The lowest BCUT2D eigenvalue weighted by molar-refractivity contribution is -0.139. The summed E-state index contributed by atoms with van der Waals surface area (Å²) >= 11 is 18.4. The number of carbonyl (C=O) groups excluding carboxylic acids is 3. The van der Waals surface area contributed by atoms with Gasteiger partial charge in [0.15, 0.2) is 0 Å². The Balaban J connectivity index is 1.60. The number of rotatable bonds is 4. The number of nitrogens with zero attached hydrogens (tertiary/aromatic N) is 2. The van der Waals surface area contributed by atoms with E-state index < -0.39 is 6.04 Å². The number of nitrogens with one attached hydrogen (secondary N) is 1. The fourth-order valence-corrected chi connectivity index (χ4v) is 5.26. The minimum atomic E-state index is -0.499. The van der Waals surface area contributed by atoms with E-state index in [1.807, 2.05) is 6.07 Å². The van der Waals surface area contributed by atoms with Crippen molar-refractivity contribution in [1.29, 1.82) is 0 Å². The summed E-state index contributed by atoms with van der Waals surface area (Å²) in [5.74, 6) is -0.462.